The molecular weight excluding hydrogens is 220 g/mol. The molecule has 1 aromatic heterocycles. The predicted molar refractivity (Wildman–Crippen MR) is 73.2 cm³/mol. The van der Waals surface area contributed by atoms with Crippen molar-refractivity contribution in [2.24, 2.45) is 11.8 Å². The van der Waals surface area contributed by atoms with Crippen LogP contribution in [0.3, 0.4) is 0 Å². The van der Waals surface area contributed by atoms with E-state index in [0.29, 0.717) is 5.92 Å². The Morgan fingerprint density at radius 2 is 2.28 bits per heavy atom. The number of para-hydroxylation sites is 1. The van der Waals surface area contributed by atoms with Gasteiger partial charge in [-0.05, 0) is 43.2 Å². The van der Waals surface area contributed by atoms with E-state index < -0.39 is 0 Å². The number of benzene rings is 1. The largest absolute Gasteiger partial charge is 0.358 e. The highest BCUT2D eigenvalue weighted by Gasteiger charge is 2.27. The van der Waals surface area contributed by atoms with Crippen LogP contribution in [-0.4, -0.2) is 4.98 Å². The summed E-state index contributed by atoms with van der Waals surface area (Å²) >= 11 is 0. The van der Waals surface area contributed by atoms with Crippen molar-refractivity contribution in [1.82, 2.24) is 4.98 Å². The van der Waals surface area contributed by atoms with Gasteiger partial charge in [0.2, 0.25) is 0 Å². The molecule has 2 aromatic rings. The maximum atomic E-state index is 9.21. The minimum atomic E-state index is 0.213. The molecule has 0 aliphatic heterocycles. The zero-order valence-corrected chi connectivity index (χ0v) is 10.7. The number of nitrogens with zero attached hydrogens (tertiary/aromatic N) is 1. The molecule has 18 heavy (non-hydrogen) atoms. The second-order valence-corrected chi connectivity index (χ2v) is 5.27. The molecule has 1 N–H and O–H groups in total. The molecule has 0 spiro atoms. The molecular formula is C16H18N2. The summed E-state index contributed by atoms with van der Waals surface area (Å²) in [5, 5.41) is 10.6. The highest BCUT2D eigenvalue weighted by molar-refractivity contribution is 5.84. The fourth-order valence-corrected chi connectivity index (χ4v) is 3.28. The summed E-state index contributed by atoms with van der Waals surface area (Å²) in [7, 11) is 0. The lowest BCUT2D eigenvalue weighted by atomic mass is 9.78. The van der Waals surface area contributed by atoms with Crippen LogP contribution in [-0.2, 0) is 12.8 Å². The highest BCUT2D eigenvalue weighted by atomic mass is 14.7. The average molecular weight is 238 g/mol. The maximum absolute atomic E-state index is 9.21. The van der Waals surface area contributed by atoms with Crippen molar-refractivity contribution < 1.29 is 0 Å². The normalized spacial score (nSPS) is 20.3. The summed E-state index contributed by atoms with van der Waals surface area (Å²) < 4.78 is 0. The van der Waals surface area contributed by atoms with Gasteiger partial charge in [-0.25, -0.2) is 0 Å². The minimum absolute atomic E-state index is 0.213. The third kappa shape index (κ3) is 1.71. The molecule has 3 rings (SSSR count). The number of aromatic amines is 1. The van der Waals surface area contributed by atoms with Gasteiger partial charge in [0.15, 0.2) is 0 Å². The number of hydrogen-bond acceptors (Lipinski definition) is 1. The van der Waals surface area contributed by atoms with Crippen molar-refractivity contribution in [2.75, 3.05) is 0 Å². The van der Waals surface area contributed by atoms with Crippen molar-refractivity contribution in [2.45, 2.75) is 32.6 Å². The number of fused-ring (bicyclic) bond motifs is 3. The van der Waals surface area contributed by atoms with Crippen molar-refractivity contribution in [3.8, 4) is 6.07 Å². The Morgan fingerprint density at radius 1 is 1.44 bits per heavy atom. The van der Waals surface area contributed by atoms with Crippen LogP contribution < -0.4 is 0 Å². The van der Waals surface area contributed by atoms with Gasteiger partial charge >= 0.3 is 0 Å². The van der Waals surface area contributed by atoms with Gasteiger partial charge in [-0.2, -0.15) is 5.26 Å². The van der Waals surface area contributed by atoms with E-state index in [1.54, 1.807) is 0 Å². The number of aromatic nitrogens is 1. The average Bonchev–Trinajstić information content (AvgIpc) is 2.78. The summed E-state index contributed by atoms with van der Waals surface area (Å²) in [4.78, 5) is 3.54. The number of nitriles is 1. The molecule has 1 aromatic carbocycles. The summed E-state index contributed by atoms with van der Waals surface area (Å²) in [6.07, 6.45) is 4.27. The van der Waals surface area contributed by atoms with Gasteiger partial charge in [0.25, 0.3) is 0 Å². The molecule has 1 heterocycles. The number of nitrogens with one attached hydrogen (secondary N) is 1. The van der Waals surface area contributed by atoms with Gasteiger partial charge in [0.05, 0.1) is 6.07 Å². The van der Waals surface area contributed by atoms with Crippen molar-refractivity contribution >= 4 is 10.9 Å². The predicted octanol–water partition coefficient (Wildman–Crippen LogP) is 3.82. The van der Waals surface area contributed by atoms with E-state index in [2.05, 4.69) is 42.2 Å². The molecule has 92 valence electrons. The zero-order chi connectivity index (χ0) is 12.5. The fraction of sp³-hybridized carbons (Fsp3) is 0.438. The third-order valence-electron chi connectivity index (χ3n) is 4.31. The Morgan fingerprint density at radius 3 is 3.06 bits per heavy atom. The number of hydrogen-bond donors (Lipinski definition) is 1. The lowest BCUT2D eigenvalue weighted by Crippen LogP contribution is -2.21. The summed E-state index contributed by atoms with van der Waals surface area (Å²) in [6.45, 7) is 2.12. The van der Waals surface area contributed by atoms with Crippen LogP contribution in [0.25, 0.3) is 10.9 Å². The van der Waals surface area contributed by atoms with E-state index in [1.165, 1.54) is 22.2 Å². The molecule has 0 saturated carbocycles. The fourth-order valence-electron chi connectivity index (χ4n) is 3.28. The molecule has 1 aliphatic rings. The maximum Gasteiger partial charge on any atom is 0.0658 e. The van der Waals surface area contributed by atoms with Crippen LogP contribution in [0.1, 0.15) is 31.0 Å². The molecule has 2 unspecified atom stereocenters. The first-order valence-corrected chi connectivity index (χ1v) is 6.81. The van der Waals surface area contributed by atoms with Gasteiger partial charge < -0.3 is 4.98 Å². The monoisotopic (exact) mass is 238 g/mol. The first kappa shape index (κ1) is 11.3. The van der Waals surface area contributed by atoms with Crippen LogP contribution in [0.4, 0.5) is 0 Å². The molecule has 2 heteroatoms. The molecule has 0 fully saturated rings. The zero-order valence-electron chi connectivity index (χ0n) is 10.7. The Labute approximate surface area is 108 Å². The third-order valence-corrected chi connectivity index (χ3v) is 4.31. The number of aryl methyl sites for hydroxylation is 1. The van der Waals surface area contributed by atoms with Gasteiger partial charge in [0, 0.05) is 22.5 Å². The Balaban J connectivity index is 1.96. The molecule has 1 aliphatic carbocycles. The number of rotatable bonds is 2. The van der Waals surface area contributed by atoms with Gasteiger partial charge in [-0.15, -0.1) is 0 Å². The van der Waals surface area contributed by atoms with Gasteiger partial charge in [-0.1, -0.05) is 25.1 Å². The molecule has 0 radical (unpaired) electrons. The minimum Gasteiger partial charge on any atom is -0.358 e. The Hall–Kier alpha value is -1.75. The summed E-state index contributed by atoms with van der Waals surface area (Å²) in [5.74, 6) is 0.741. The van der Waals surface area contributed by atoms with Crippen LogP contribution in [0.5, 0.6) is 0 Å². The smallest absolute Gasteiger partial charge is 0.0658 e. The second kappa shape index (κ2) is 4.49. The molecule has 0 amide bonds. The van der Waals surface area contributed by atoms with Gasteiger partial charge in [-0.3, -0.25) is 0 Å². The van der Waals surface area contributed by atoms with Crippen molar-refractivity contribution in [1.29, 1.82) is 5.26 Å². The molecule has 0 bridgehead atoms. The highest BCUT2D eigenvalue weighted by Crippen LogP contribution is 2.35. The topological polar surface area (TPSA) is 39.6 Å². The summed E-state index contributed by atoms with van der Waals surface area (Å²) in [6, 6.07) is 11.0. The lowest BCUT2D eigenvalue weighted by Gasteiger charge is -2.25. The summed E-state index contributed by atoms with van der Waals surface area (Å²) in [5.41, 5.74) is 4.09. The molecule has 2 nitrogen and oxygen atoms in total. The van der Waals surface area contributed by atoms with E-state index in [-0.39, 0.29) is 5.92 Å². The van der Waals surface area contributed by atoms with E-state index >= 15 is 0 Å². The number of H-pyrrole nitrogens is 1. The van der Waals surface area contributed by atoms with Crippen molar-refractivity contribution in [3.05, 3.63) is 35.5 Å². The van der Waals surface area contributed by atoms with Gasteiger partial charge in [0.1, 0.15) is 0 Å². The first-order valence-electron chi connectivity index (χ1n) is 6.81. The molecule has 2 atom stereocenters. The van der Waals surface area contributed by atoms with E-state index in [1.807, 2.05) is 0 Å². The Bertz CT molecular complexity index is 603. The standard InChI is InChI=1S/C16H18N2/c1-2-11(10-17)12-7-8-14-13-5-3-4-6-15(13)18-16(14)9-12/h3-6,11-12,18H,2,7-9H2,1H3. The second-order valence-electron chi connectivity index (χ2n) is 5.27. The first-order chi connectivity index (χ1) is 8.83. The Kier molecular flexibility index (Phi) is 2.83. The van der Waals surface area contributed by atoms with Crippen LogP contribution in [0, 0.1) is 23.2 Å². The van der Waals surface area contributed by atoms with Crippen LogP contribution in [0.15, 0.2) is 24.3 Å². The van der Waals surface area contributed by atoms with E-state index in [4.69, 9.17) is 0 Å². The molecule has 0 saturated heterocycles. The van der Waals surface area contributed by atoms with Crippen LogP contribution >= 0.6 is 0 Å². The SMILES string of the molecule is CCC(C#N)C1CCc2c([nH]c3ccccc23)C1. The van der Waals surface area contributed by atoms with E-state index in [0.717, 1.165) is 25.7 Å². The lowest BCUT2D eigenvalue weighted by molar-refractivity contribution is 0.349. The van der Waals surface area contributed by atoms with Crippen LogP contribution in [0.2, 0.25) is 0 Å². The van der Waals surface area contributed by atoms with E-state index in [9.17, 15) is 5.26 Å². The van der Waals surface area contributed by atoms with Crippen molar-refractivity contribution in [3.63, 3.8) is 0 Å². The quantitative estimate of drug-likeness (QED) is 0.848.